The number of halogens is 2. The van der Waals surface area contributed by atoms with Crippen molar-refractivity contribution in [2.24, 2.45) is 11.0 Å². The van der Waals surface area contributed by atoms with Gasteiger partial charge in [0, 0.05) is 25.8 Å². The van der Waals surface area contributed by atoms with Crippen LogP contribution in [-0.4, -0.2) is 36.9 Å². The van der Waals surface area contributed by atoms with Gasteiger partial charge in [-0.2, -0.15) is 5.10 Å². The molecule has 0 amide bonds. The summed E-state index contributed by atoms with van der Waals surface area (Å²) in [5, 5.41) is 8.24. The summed E-state index contributed by atoms with van der Waals surface area (Å²) in [6.45, 7) is 2.56. The Labute approximate surface area is 129 Å². The molecule has 20 heavy (non-hydrogen) atoms. The maximum absolute atomic E-state index is 6.20. The Balaban J connectivity index is 1.74. The highest BCUT2D eigenvalue weighted by atomic mass is 35.5. The highest BCUT2D eigenvalue weighted by Crippen LogP contribution is 2.37. The summed E-state index contributed by atoms with van der Waals surface area (Å²) in [6, 6.07) is 6.81. The highest BCUT2D eigenvalue weighted by Gasteiger charge is 2.52. The van der Waals surface area contributed by atoms with E-state index in [4.69, 9.17) is 28.3 Å². The number of nitrogens with one attached hydrogen (secondary N) is 1. The Hall–Kier alpha value is -0.770. The third-order valence-corrected chi connectivity index (χ3v) is 5.82. The van der Waals surface area contributed by atoms with Crippen LogP contribution in [0.15, 0.2) is 23.3 Å². The van der Waals surface area contributed by atoms with E-state index >= 15 is 0 Å². The molecule has 0 radical (unpaired) electrons. The van der Waals surface area contributed by atoms with Crippen LogP contribution >= 0.6 is 23.2 Å². The Bertz CT molecular complexity index is 578. The second kappa shape index (κ2) is 4.62. The predicted molar refractivity (Wildman–Crippen MR) is 81.6 cm³/mol. The van der Waals surface area contributed by atoms with Gasteiger partial charge in [0.2, 0.25) is 0 Å². The summed E-state index contributed by atoms with van der Waals surface area (Å²) in [5.41, 5.74) is 2.64. The van der Waals surface area contributed by atoms with Gasteiger partial charge in [-0.1, -0.05) is 29.3 Å². The molecule has 0 unspecified atom stereocenters. The van der Waals surface area contributed by atoms with Crippen molar-refractivity contribution < 1.29 is 4.90 Å². The van der Waals surface area contributed by atoms with Crippen LogP contribution in [-0.2, 0) is 0 Å². The quantitative estimate of drug-likeness (QED) is 0.841. The Kier molecular flexibility index (Phi) is 2.99. The summed E-state index contributed by atoms with van der Waals surface area (Å²) >= 11 is 12.2. The molecule has 0 aromatic heterocycles. The molecule has 4 heterocycles. The molecule has 5 heteroatoms. The largest absolute Gasteiger partial charge is 0.326 e. The molecule has 0 aliphatic carbocycles. The van der Waals surface area contributed by atoms with Crippen molar-refractivity contribution >= 4 is 28.9 Å². The van der Waals surface area contributed by atoms with Gasteiger partial charge in [-0.3, -0.25) is 5.01 Å². The average Bonchev–Trinajstić information content (AvgIpc) is 2.82. The topological polar surface area (TPSA) is 20.0 Å². The number of piperidine rings is 3. The molecular weight excluding hydrogens is 293 g/mol. The van der Waals surface area contributed by atoms with Crippen LogP contribution < -0.4 is 4.90 Å². The molecule has 3 nitrogen and oxygen atoms in total. The number of hydrogen-bond acceptors (Lipinski definition) is 2. The standard InChI is InChI=1S/C15H17Cl2N3/c1-19-14(10-2-3-11(16)12(17)8-10)15-13(18-19)9-4-6-20(15)7-5-9/h2-3,8-9,14-15H,4-7H2,1H3/p+1/t14-,15+/m1/s1. The predicted octanol–water partition coefficient (Wildman–Crippen LogP) is 2.01. The molecule has 4 aliphatic heterocycles. The number of fused-ring (bicyclic) bond motifs is 2. The van der Waals surface area contributed by atoms with Crippen molar-refractivity contribution in [1.29, 1.82) is 0 Å². The lowest BCUT2D eigenvalue weighted by Crippen LogP contribution is -3.20. The summed E-state index contributed by atoms with van der Waals surface area (Å²) < 4.78 is 0. The zero-order valence-electron chi connectivity index (χ0n) is 11.4. The van der Waals surface area contributed by atoms with E-state index in [0.717, 1.165) is 0 Å². The molecule has 4 aliphatic rings. The molecular formula is C15H18Cl2N3+. The normalized spacial score (nSPS) is 35.1. The van der Waals surface area contributed by atoms with Crippen molar-refractivity contribution in [3.8, 4) is 0 Å². The molecule has 1 aromatic carbocycles. The molecule has 2 atom stereocenters. The van der Waals surface area contributed by atoms with Gasteiger partial charge >= 0.3 is 0 Å². The van der Waals surface area contributed by atoms with Gasteiger partial charge in [0.25, 0.3) is 0 Å². The minimum atomic E-state index is 0.304. The summed E-state index contributed by atoms with van der Waals surface area (Å²) in [7, 11) is 2.08. The van der Waals surface area contributed by atoms with E-state index in [1.807, 2.05) is 12.1 Å². The molecule has 1 aromatic rings. The molecule has 106 valence electrons. The fourth-order valence-electron chi connectivity index (χ4n) is 4.15. The van der Waals surface area contributed by atoms with Gasteiger partial charge in [0.1, 0.15) is 11.8 Å². The van der Waals surface area contributed by atoms with E-state index in [9.17, 15) is 0 Å². The summed E-state index contributed by atoms with van der Waals surface area (Å²) in [5.74, 6) is 0.702. The minimum Gasteiger partial charge on any atom is -0.326 e. The minimum absolute atomic E-state index is 0.304. The van der Waals surface area contributed by atoms with Gasteiger partial charge < -0.3 is 4.90 Å². The lowest BCUT2D eigenvalue weighted by molar-refractivity contribution is -0.928. The zero-order chi connectivity index (χ0) is 13.9. The second-order valence-corrected chi connectivity index (χ2v) is 6.94. The lowest BCUT2D eigenvalue weighted by Gasteiger charge is -2.42. The molecule has 5 rings (SSSR count). The number of likely N-dealkylation sites (N-methyl/N-ethyl adjacent to an activating group) is 1. The van der Waals surface area contributed by atoms with Crippen molar-refractivity contribution in [3.05, 3.63) is 33.8 Å². The van der Waals surface area contributed by atoms with Crippen LogP contribution in [0.4, 0.5) is 0 Å². The molecule has 2 bridgehead atoms. The van der Waals surface area contributed by atoms with Crippen LogP contribution in [0.2, 0.25) is 10.0 Å². The van der Waals surface area contributed by atoms with Gasteiger partial charge in [-0.05, 0) is 17.7 Å². The number of benzene rings is 1. The van der Waals surface area contributed by atoms with E-state index in [-0.39, 0.29) is 0 Å². The van der Waals surface area contributed by atoms with E-state index in [1.165, 1.54) is 37.2 Å². The smallest absolute Gasteiger partial charge is 0.155 e. The Morgan fingerprint density at radius 2 is 1.95 bits per heavy atom. The fourth-order valence-corrected chi connectivity index (χ4v) is 4.46. The SMILES string of the molecule is CN1N=C2C3CC[NH+](CC3)[C@@H]2[C@H]1c1ccc(Cl)c(Cl)c1. The molecule has 3 saturated heterocycles. The maximum Gasteiger partial charge on any atom is 0.155 e. The number of quaternary nitrogens is 1. The summed E-state index contributed by atoms with van der Waals surface area (Å²) in [6.07, 6.45) is 2.60. The monoisotopic (exact) mass is 310 g/mol. The van der Waals surface area contributed by atoms with E-state index in [1.54, 1.807) is 4.90 Å². The second-order valence-electron chi connectivity index (χ2n) is 6.13. The van der Waals surface area contributed by atoms with Crippen LogP contribution in [0.5, 0.6) is 0 Å². The first-order chi connectivity index (χ1) is 9.65. The number of rotatable bonds is 1. The zero-order valence-corrected chi connectivity index (χ0v) is 13.0. The third-order valence-electron chi connectivity index (χ3n) is 5.08. The van der Waals surface area contributed by atoms with Crippen LogP contribution in [0.25, 0.3) is 0 Å². The van der Waals surface area contributed by atoms with Crippen LogP contribution in [0.1, 0.15) is 24.4 Å². The first kappa shape index (κ1) is 12.9. The number of hydrazone groups is 1. The Morgan fingerprint density at radius 1 is 1.20 bits per heavy atom. The number of hydrogen-bond donors (Lipinski definition) is 1. The average molecular weight is 311 g/mol. The lowest BCUT2D eigenvalue weighted by atomic mass is 9.78. The van der Waals surface area contributed by atoms with Crippen LogP contribution in [0.3, 0.4) is 0 Å². The molecule has 0 saturated carbocycles. The van der Waals surface area contributed by atoms with E-state index < -0.39 is 0 Å². The third kappa shape index (κ3) is 1.80. The molecule has 1 N–H and O–H groups in total. The van der Waals surface area contributed by atoms with Crippen molar-refractivity contribution in [3.63, 3.8) is 0 Å². The maximum atomic E-state index is 6.20. The fraction of sp³-hybridized carbons (Fsp3) is 0.533. The van der Waals surface area contributed by atoms with Crippen molar-refractivity contribution in [1.82, 2.24) is 5.01 Å². The molecule has 3 fully saturated rings. The molecule has 0 spiro atoms. The van der Waals surface area contributed by atoms with Crippen molar-refractivity contribution in [2.75, 3.05) is 20.1 Å². The van der Waals surface area contributed by atoms with Crippen molar-refractivity contribution in [2.45, 2.75) is 24.9 Å². The summed E-state index contributed by atoms with van der Waals surface area (Å²) in [4.78, 5) is 1.69. The van der Waals surface area contributed by atoms with Crippen LogP contribution in [0, 0.1) is 5.92 Å². The number of nitrogens with zero attached hydrogens (tertiary/aromatic N) is 2. The van der Waals surface area contributed by atoms with E-state index in [0.29, 0.717) is 28.0 Å². The first-order valence-corrected chi connectivity index (χ1v) is 8.01. The Morgan fingerprint density at radius 3 is 2.65 bits per heavy atom. The first-order valence-electron chi connectivity index (χ1n) is 7.26. The van der Waals surface area contributed by atoms with Gasteiger partial charge in [-0.25, -0.2) is 0 Å². The van der Waals surface area contributed by atoms with Gasteiger partial charge in [-0.15, -0.1) is 0 Å². The van der Waals surface area contributed by atoms with Gasteiger partial charge in [0.15, 0.2) is 6.04 Å². The highest BCUT2D eigenvalue weighted by molar-refractivity contribution is 6.42. The van der Waals surface area contributed by atoms with E-state index in [2.05, 4.69) is 18.1 Å². The van der Waals surface area contributed by atoms with Gasteiger partial charge in [0.05, 0.1) is 23.1 Å².